The fourth-order valence-electron chi connectivity index (χ4n) is 1.13. The minimum Gasteiger partial charge on any atom is -0.370 e. The Labute approximate surface area is 101 Å². The Balaban J connectivity index is 4.45. The van der Waals surface area contributed by atoms with Gasteiger partial charge in [-0.25, -0.2) is 0 Å². The molecular weight excluding hydrogens is 220 g/mol. The Hall–Kier alpha value is -0.163. The smallest absolute Gasteiger partial charge is 0.370 e. The van der Waals surface area contributed by atoms with Gasteiger partial charge in [0.05, 0.1) is 0 Å². The third kappa shape index (κ3) is 5.79. The summed E-state index contributed by atoms with van der Waals surface area (Å²) in [7, 11) is -2.63. The van der Waals surface area contributed by atoms with Crippen LogP contribution in [0.4, 0.5) is 0 Å². The van der Waals surface area contributed by atoms with Gasteiger partial charge in [0.25, 0.3) is 0 Å². The summed E-state index contributed by atoms with van der Waals surface area (Å²) in [5.41, 5.74) is 1.74. The maximum absolute atomic E-state index is 5.92. The summed E-state index contributed by atoms with van der Waals surface area (Å²) in [6, 6.07) is 0. The highest BCUT2D eigenvalue weighted by Gasteiger charge is 2.39. The minimum atomic E-state index is -2.63. The first-order chi connectivity index (χ1) is 7.64. The molecule has 0 spiro atoms. The van der Waals surface area contributed by atoms with E-state index in [-0.39, 0.29) is 6.10 Å². The van der Waals surface area contributed by atoms with Crippen molar-refractivity contribution >= 4 is 8.80 Å². The van der Waals surface area contributed by atoms with Gasteiger partial charge < -0.3 is 13.3 Å². The highest BCUT2D eigenvalue weighted by Crippen LogP contribution is 2.16. The van der Waals surface area contributed by atoms with Crippen LogP contribution >= 0.6 is 0 Å². The van der Waals surface area contributed by atoms with Crippen molar-refractivity contribution in [2.45, 2.75) is 53.1 Å². The van der Waals surface area contributed by atoms with Crippen molar-refractivity contribution in [3.8, 4) is 0 Å². The number of hydrogen-bond acceptors (Lipinski definition) is 3. The van der Waals surface area contributed by atoms with Gasteiger partial charge in [0, 0.05) is 19.3 Å². The summed E-state index contributed by atoms with van der Waals surface area (Å²) in [6.07, 6.45) is 3.02. The van der Waals surface area contributed by atoms with Gasteiger partial charge in [-0.05, 0) is 31.9 Å². The summed E-state index contributed by atoms with van der Waals surface area (Å²) in [5.74, 6) is 0. The average Bonchev–Trinajstić information content (AvgIpc) is 2.32. The van der Waals surface area contributed by atoms with Crippen LogP contribution in [0.5, 0.6) is 0 Å². The van der Waals surface area contributed by atoms with E-state index in [9.17, 15) is 0 Å². The summed E-state index contributed by atoms with van der Waals surface area (Å²) in [6.45, 7) is 13.4. The zero-order valence-corrected chi connectivity index (χ0v) is 12.1. The molecule has 0 saturated carbocycles. The Morgan fingerprint density at radius 2 is 1.62 bits per heavy atom. The van der Waals surface area contributed by atoms with Crippen LogP contribution in [-0.4, -0.2) is 28.1 Å². The molecule has 0 rings (SSSR count). The van der Waals surface area contributed by atoms with Crippen LogP contribution in [0.3, 0.4) is 0 Å². The third-order valence-corrected chi connectivity index (χ3v) is 4.65. The quantitative estimate of drug-likeness (QED) is 0.553. The molecule has 3 nitrogen and oxygen atoms in total. The molecule has 0 aliphatic rings. The second kappa shape index (κ2) is 8.93. The molecule has 16 heavy (non-hydrogen) atoms. The number of hydrogen-bond donors (Lipinski definition) is 0. The van der Waals surface area contributed by atoms with Crippen molar-refractivity contribution in [3.63, 3.8) is 0 Å². The molecule has 0 N–H and O–H groups in total. The van der Waals surface area contributed by atoms with E-state index in [1.165, 1.54) is 0 Å². The standard InChI is InChI=1S/C12H26O3Si/c1-6-10-13-16(9-4,14-11-7-2)15-12(5)8-3/h9,12H,4,6-8,10-11H2,1-3,5H3. The molecule has 4 heteroatoms. The average molecular weight is 246 g/mol. The summed E-state index contributed by atoms with van der Waals surface area (Å²) in [4.78, 5) is 0. The normalized spacial score (nSPS) is 13.8. The maximum Gasteiger partial charge on any atom is 0.529 e. The van der Waals surface area contributed by atoms with Gasteiger partial charge in [-0.1, -0.05) is 27.4 Å². The molecule has 0 radical (unpaired) electrons. The molecule has 1 atom stereocenters. The summed E-state index contributed by atoms with van der Waals surface area (Å²) in [5, 5.41) is 0. The lowest BCUT2D eigenvalue weighted by molar-refractivity contribution is 0.0424. The van der Waals surface area contributed by atoms with Crippen molar-refractivity contribution in [2.75, 3.05) is 13.2 Å². The van der Waals surface area contributed by atoms with Crippen molar-refractivity contribution in [2.24, 2.45) is 0 Å². The molecule has 96 valence electrons. The van der Waals surface area contributed by atoms with Crippen LogP contribution in [0.2, 0.25) is 0 Å². The van der Waals surface area contributed by atoms with Crippen molar-refractivity contribution in [3.05, 3.63) is 12.3 Å². The van der Waals surface area contributed by atoms with Gasteiger partial charge in [-0.15, -0.1) is 0 Å². The van der Waals surface area contributed by atoms with E-state index in [0.29, 0.717) is 13.2 Å². The lowest BCUT2D eigenvalue weighted by Gasteiger charge is -2.29. The van der Waals surface area contributed by atoms with Crippen LogP contribution in [0.1, 0.15) is 47.0 Å². The zero-order valence-electron chi connectivity index (χ0n) is 11.1. The first-order valence-electron chi connectivity index (χ1n) is 6.23. The molecule has 1 unspecified atom stereocenters. The summed E-state index contributed by atoms with van der Waals surface area (Å²) < 4.78 is 17.5. The third-order valence-electron chi connectivity index (χ3n) is 2.21. The van der Waals surface area contributed by atoms with Gasteiger partial charge in [-0.2, -0.15) is 0 Å². The summed E-state index contributed by atoms with van der Waals surface area (Å²) >= 11 is 0. The minimum absolute atomic E-state index is 0.151. The predicted octanol–water partition coefficient (Wildman–Crippen LogP) is 3.32. The molecule has 0 saturated heterocycles. The van der Waals surface area contributed by atoms with Crippen LogP contribution < -0.4 is 0 Å². The Bertz CT molecular complexity index is 177. The SMILES string of the molecule is C=C[Si](OCCC)(OCCC)OC(C)CC. The molecule has 0 bridgehead atoms. The molecule has 0 amide bonds. The van der Waals surface area contributed by atoms with E-state index in [1.807, 2.05) is 6.92 Å². The molecule has 0 aliphatic carbocycles. The first kappa shape index (κ1) is 15.8. The zero-order chi connectivity index (χ0) is 12.4. The van der Waals surface area contributed by atoms with Gasteiger partial charge in [0.2, 0.25) is 0 Å². The van der Waals surface area contributed by atoms with Crippen molar-refractivity contribution in [1.29, 1.82) is 0 Å². The second-order valence-corrected chi connectivity index (χ2v) is 6.27. The van der Waals surface area contributed by atoms with E-state index in [2.05, 4.69) is 27.4 Å². The van der Waals surface area contributed by atoms with Crippen LogP contribution in [-0.2, 0) is 13.3 Å². The maximum atomic E-state index is 5.92. The molecule has 0 heterocycles. The van der Waals surface area contributed by atoms with E-state index in [0.717, 1.165) is 19.3 Å². The second-order valence-electron chi connectivity index (χ2n) is 3.84. The van der Waals surface area contributed by atoms with E-state index in [1.54, 1.807) is 5.70 Å². The van der Waals surface area contributed by atoms with Gasteiger partial charge in [0.1, 0.15) is 0 Å². The predicted molar refractivity (Wildman–Crippen MR) is 69.3 cm³/mol. The van der Waals surface area contributed by atoms with Crippen molar-refractivity contribution < 1.29 is 13.3 Å². The highest BCUT2D eigenvalue weighted by atomic mass is 28.4. The molecule has 0 aromatic rings. The fraction of sp³-hybridized carbons (Fsp3) is 0.833. The molecule has 0 aromatic carbocycles. The van der Waals surface area contributed by atoms with E-state index in [4.69, 9.17) is 13.3 Å². The fourth-order valence-corrected chi connectivity index (χ4v) is 3.38. The lowest BCUT2D eigenvalue weighted by Crippen LogP contribution is -2.46. The van der Waals surface area contributed by atoms with Crippen LogP contribution in [0.15, 0.2) is 12.3 Å². The molecule has 0 aliphatic heterocycles. The van der Waals surface area contributed by atoms with E-state index >= 15 is 0 Å². The Morgan fingerprint density at radius 3 is 1.94 bits per heavy atom. The monoisotopic (exact) mass is 246 g/mol. The molecular formula is C12H26O3Si. The largest absolute Gasteiger partial charge is 0.529 e. The molecule has 0 fully saturated rings. The van der Waals surface area contributed by atoms with Crippen LogP contribution in [0.25, 0.3) is 0 Å². The van der Waals surface area contributed by atoms with E-state index < -0.39 is 8.80 Å². The highest BCUT2D eigenvalue weighted by molar-refractivity contribution is 6.66. The Morgan fingerprint density at radius 1 is 1.12 bits per heavy atom. The van der Waals surface area contributed by atoms with Gasteiger partial charge in [-0.3, -0.25) is 0 Å². The number of rotatable bonds is 10. The molecule has 0 aromatic heterocycles. The van der Waals surface area contributed by atoms with Crippen molar-refractivity contribution in [1.82, 2.24) is 0 Å². The lowest BCUT2D eigenvalue weighted by atomic mass is 10.3. The van der Waals surface area contributed by atoms with Crippen LogP contribution in [0, 0.1) is 0 Å². The van der Waals surface area contributed by atoms with Gasteiger partial charge >= 0.3 is 8.80 Å². The first-order valence-corrected chi connectivity index (χ1v) is 8.03. The Kier molecular flexibility index (Phi) is 8.84. The topological polar surface area (TPSA) is 27.7 Å². The van der Waals surface area contributed by atoms with Gasteiger partial charge in [0.15, 0.2) is 0 Å².